The molecule has 2 saturated heterocycles. The fraction of sp³-hybridized carbons (Fsp3) is 0.667. The van der Waals surface area contributed by atoms with Crippen molar-refractivity contribution in [2.75, 3.05) is 51.3 Å². The summed E-state index contributed by atoms with van der Waals surface area (Å²) in [5.41, 5.74) is 0.628. The molecule has 1 saturated carbocycles. The van der Waals surface area contributed by atoms with Crippen LogP contribution in [0, 0.1) is 11.8 Å². The first-order chi connectivity index (χ1) is 14.0. The molecule has 2 heterocycles. The van der Waals surface area contributed by atoms with E-state index in [1.165, 1.54) is 36.4 Å². The molecule has 0 spiro atoms. The fourth-order valence-electron chi connectivity index (χ4n) is 4.87. The zero-order valence-electron chi connectivity index (χ0n) is 16.9. The SMILES string of the molecule is O=C(CN1CC[C@@H]2CCCC[C@@H]2C1)Nc1ccc(S(=O)(=O)N2CCOCC2)cc1. The van der Waals surface area contributed by atoms with Gasteiger partial charge in [-0.25, -0.2) is 8.42 Å². The van der Waals surface area contributed by atoms with E-state index in [1.54, 1.807) is 24.3 Å². The van der Waals surface area contributed by atoms with E-state index in [-0.39, 0.29) is 10.8 Å². The molecule has 0 aromatic heterocycles. The number of hydrogen-bond donors (Lipinski definition) is 1. The molecule has 1 aliphatic carbocycles. The predicted octanol–water partition coefficient (Wildman–Crippen LogP) is 2.16. The molecule has 1 amide bonds. The van der Waals surface area contributed by atoms with Gasteiger partial charge >= 0.3 is 0 Å². The maximum Gasteiger partial charge on any atom is 0.243 e. The highest BCUT2D eigenvalue weighted by atomic mass is 32.2. The molecular weight excluding hydrogens is 390 g/mol. The van der Waals surface area contributed by atoms with E-state index in [9.17, 15) is 13.2 Å². The lowest BCUT2D eigenvalue weighted by Gasteiger charge is -2.41. The number of amides is 1. The van der Waals surface area contributed by atoms with Crippen LogP contribution in [0.3, 0.4) is 0 Å². The van der Waals surface area contributed by atoms with Gasteiger partial charge in [0.15, 0.2) is 0 Å². The van der Waals surface area contributed by atoms with Crippen molar-refractivity contribution < 1.29 is 17.9 Å². The van der Waals surface area contributed by atoms with Crippen LogP contribution in [-0.4, -0.2) is 69.5 Å². The summed E-state index contributed by atoms with van der Waals surface area (Å²) in [5, 5.41) is 2.91. The predicted molar refractivity (Wildman–Crippen MR) is 111 cm³/mol. The van der Waals surface area contributed by atoms with E-state index in [4.69, 9.17) is 4.74 Å². The van der Waals surface area contributed by atoms with Crippen molar-refractivity contribution in [1.82, 2.24) is 9.21 Å². The number of ether oxygens (including phenoxy) is 1. The van der Waals surface area contributed by atoms with Gasteiger partial charge in [-0.1, -0.05) is 19.3 Å². The molecule has 0 radical (unpaired) electrons. The second kappa shape index (κ2) is 9.12. The van der Waals surface area contributed by atoms with Crippen LogP contribution in [0.5, 0.6) is 0 Å². The Balaban J connectivity index is 1.31. The minimum atomic E-state index is -3.51. The summed E-state index contributed by atoms with van der Waals surface area (Å²) < 4.78 is 32.0. The number of morpholine rings is 1. The highest BCUT2D eigenvalue weighted by molar-refractivity contribution is 7.89. The van der Waals surface area contributed by atoms with Crippen LogP contribution >= 0.6 is 0 Å². The smallest absolute Gasteiger partial charge is 0.243 e. The number of nitrogens with zero attached hydrogens (tertiary/aromatic N) is 2. The van der Waals surface area contributed by atoms with E-state index in [0.29, 0.717) is 38.5 Å². The van der Waals surface area contributed by atoms with E-state index in [0.717, 1.165) is 24.9 Å². The van der Waals surface area contributed by atoms with Crippen LogP contribution in [0.15, 0.2) is 29.2 Å². The normalized spacial score (nSPS) is 26.6. The Morgan fingerprint density at radius 3 is 2.41 bits per heavy atom. The van der Waals surface area contributed by atoms with Gasteiger partial charge in [0.25, 0.3) is 0 Å². The summed E-state index contributed by atoms with van der Waals surface area (Å²) in [7, 11) is -3.51. The van der Waals surface area contributed by atoms with Crippen LogP contribution in [0.4, 0.5) is 5.69 Å². The van der Waals surface area contributed by atoms with Crippen molar-refractivity contribution in [1.29, 1.82) is 0 Å². The number of likely N-dealkylation sites (tertiary alicyclic amines) is 1. The standard InChI is InChI=1S/C21H31N3O4S/c25-21(16-23-10-9-17-3-1-2-4-18(17)15-23)22-19-5-7-20(8-6-19)29(26,27)24-11-13-28-14-12-24/h5-8,17-18H,1-4,9-16H2,(H,22,25)/t17-,18+/m0/s1. The number of rotatable bonds is 5. The van der Waals surface area contributed by atoms with Gasteiger partial charge < -0.3 is 10.1 Å². The molecule has 29 heavy (non-hydrogen) atoms. The van der Waals surface area contributed by atoms with Crippen LogP contribution in [0.1, 0.15) is 32.1 Å². The summed E-state index contributed by atoms with van der Waals surface area (Å²) in [6.07, 6.45) is 6.53. The minimum Gasteiger partial charge on any atom is -0.379 e. The number of sulfonamides is 1. The zero-order valence-corrected chi connectivity index (χ0v) is 17.7. The van der Waals surface area contributed by atoms with E-state index < -0.39 is 10.0 Å². The number of benzene rings is 1. The lowest BCUT2D eigenvalue weighted by molar-refractivity contribution is -0.118. The third-order valence-electron chi connectivity index (χ3n) is 6.49. The summed E-state index contributed by atoms with van der Waals surface area (Å²) >= 11 is 0. The summed E-state index contributed by atoms with van der Waals surface area (Å²) in [6.45, 7) is 4.01. The van der Waals surface area contributed by atoms with Crippen molar-refractivity contribution in [2.24, 2.45) is 11.8 Å². The first-order valence-electron chi connectivity index (χ1n) is 10.7. The topological polar surface area (TPSA) is 79.0 Å². The largest absolute Gasteiger partial charge is 0.379 e. The van der Waals surface area contributed by atoms with Gasteiger partial charge in [-0.2, -0.15) is 4.31 Å². The second-order valence-corrected chi connectivity index (χ2v) is 10.4. The molecule has 0 unspecified atom stereocenters. The number of hydrogen-bond acceptors (Lipinski definition) is 5. The first kappa shape index (κ1) is 20.8. The van der Waals surface area contributed by atoms with Crippen LogP contribution < -0.4 is 5.32 Å². The zero-order chi connectivity index (χ0) is 20.3. The third-order valence-corrected chi connectivity index (χ3v) is 8.40. The van der Waals surface area contributed by atoms with Gasteiger partial charge in [0.1, 0.15) is 0 Å². The molecule has 7 nitrogen and oxygen atoms in total. The summed E-state index contributed by atoms with van der Waals surface area (Å²) in [5.74, 6) is 1.56. The number of piperidine rings is 1. The van der Waals surface area contributed by atoms with Gasteiger partial charge in [-0.05, 0) is 55.5 Å². The maximum atomic E-state index is 12.7. The first-order valence-corrected chi connectivity index (χ1v) is 12.2. The van der Waals surface area contributed by atoms with Crippen molar-refractivity contribution in [2.45, 2.75) is 37.0 Å². The van der Waals surface area contributed by atoms with Crippen LogP contribution in [-0.2, 0) is 19.6 Å². The summed E-state index contributed by atoms with van der Waals surface area (Å²) in [4.78, 5) is 15.0. The number of fused-ring (bicyclic) bond motifs is 1. The number of anilines is 1. The maximum absolute atomic E-state index is 12.7. The van der Waals surface area contributed by atoms with Crippen molar-refractivity contribution in [3.63, 3.8) is 0 Å². The Labute approximate surface area is 173 Å². The third kappa shape index (κ3) is 4.99. The molecular formula is C21H31N3O4S. The van der Waals surface area contributed by atoms with Crippen molar-refractivity contribution in [3.8, 4) is 0 Å². The molecule has 1 N–H and O–H groups in total. The van der Waals surface area contributed by atoms with E-state index in [2.05, 4.69) is 10.2 Å². The van der Waals surface area contributed by atoms with E-state index >= 15 is 0 Å². The Bertz CT molecular complexity index is 806. The van der Waals surface area contributed by atoms with Gasteiger partial charge in [0.05, 0.1) is 24.7 Å². The average Bonchev–Trinajstić information content (AvgIpc) is 2.74. The molecule has 2 atom stereocenters. The highest BCUT2D eigenvalue weighted by Crippen LogP contribution is 2.35. The second-order valence-electron chi connectivity index (χ2n) is 8.42. The van der Waals surface area contributed by atoms with Gasteiger partial charge in [-0.15, -0.1) is 0 Å². The summed E-state index contributed by atoms with van der Waals surface area (Å²) in [6, 6.07) is 6.46. The number of carbonyl (C=O) groups is 1. The van der Waals surface area contributed by atoms with E-state index in [1.807, 2.05) is 0 Å². The molecule has 3 aliphatic rings. The Hall–Kier alpha value is -1.48. The minimum absolute atomic E-state index is 0.0388. The molecule has 4 rings (SSSR count). The molecule has 1 aromatic rings. The molecule has 2 aliphatic heterocycles. The van der Waals surface area contributed by atoms with Gasteiger partial charge in [0, 0.05) is 25.3 Å². The lowest BCUT2D eigenvalue weighted by atomic mass is 9.75. The molecule has 3 fully saturated rings. The quantitative estimate of drug-likeness (QED) is 0.788. The van der Waals surface area contributed by atoms with Crippen molar-refractivity contribution >= 4 is 21.6 Å². The Kier molecular flexibility index (Phi) is 6.53. The van der Waals surface area contributed by atoms with Crippen LogP contribution in [0.2, 0.25) is 0 Å². The monoisotopic (exact) mass is 421 g/mol. The number of nitrogens with one attached hydrogen (secondary N) is 1. The fourth-order valence-corrected chi connectivity index (χ4v) is 6.28. The average molecular weight is 422 g/mol. The molecule has 8 heteroatoms. The molecule has 0 bridgehead atoms. The van der Waals surface area contributed by atoms with Gasteiger partial charge in [-0.3, -0.25) is 9.69 Å². The van der Waals surface area contributed by atoms with Gasteiger partial charge in [0.2, 0.25) is 15.9 Å². The van der Waals surface area contributed by atoms with Crippen LogP contribution in [0.25, 0.3) is 0 Å². The molecule has 1 aromatic carbocycles. The Morgan fingerprint density at radius 2 is 1.69 bits per heavy atom. The lowest BCUT2D eigenvalue weighted by Crippen LogP contribution is -2.44. The highest BCUT2D eigenvalue weighted by Gasteiger charge is 2.31. The van der Waals surface area contributed by atoms with Crippen molar-refractivity contribution in [3.05, 3.63) is 24.3 Å². The molecule has 160 valence electrons. The number of carbonyl (C=O) groups excluding carboxylic acids is 1. The Morgan fingerprint density at radius 1 is 1.00 bits per heavy atom.